The number of phenols is 1. The Labute approximate surface area is 167 Å². The Morgan fingerprint density at radius 3 is 2.29 bits per heavy atom. The van der Waals surface area contributed by atoms with E-state index in [-0.39, 0.29) is 6.04 Å². The van der Waals surface area contributed by atoms with E-state index in [9.17, 15) is 9.90 Å². The molecule has 0 aliphatic carbocycles. The first-order valence-corrected chi connectivity index (χ1v) is 10.5. The molecule has 0 saturated carbocycles. The zero-order valence-electron chi connectivity index (χ0n) is 16.7. The molecule has 2 aliphatic heterocycles. The van der Waals surface area contributed by atoms with Crippen molar-refractivity contribution in [1.29, 1.82) is 0 Å². The van der Waals surface area contributed by atoms with Gasteiger partial charge in [-0.05, 0) is 74.9 Å². The third-order valence-electron chi connectivity index (χ3n) is 6.40. The molecular formula is C24H30N2O2. The van der Waals surface area contributed by atoms with Crippen molar-refractivity contribution in [2.45, 2.75) is 44.6 Å². The zero-order valence-corrected chi connectivity index (χ0v) is 16.7. The van der Waals surface area contributed by atoms with Crippen LogP contribution in [0.4, 0.5) is 0 Å². The highest BCUT2D eigenvalue weighted by Crippen LogP contribution is 2.31. The van der Waals surface area contributed by atoms with Crippen LogP contribution < -0.4 is 0 Å². The Bertz CT molecular complexity index is 792. The molecule has 0 radical (unpaired) electrons. The van der Waals surface area contributed by atoms with Crippen LogP contribution in [0, 0.1) is 6.92 Å². The van der Waals surface area contributed by atoms with Crippen molar-refractivity contribution >= 4 is 5.91 Å². The van der Waals surface area contributed by atoms with Crippen LogP contribution >= 0.6 is 0 Å². The third-order valence-corrected chi connectivity index (χ3v) is 6.40. The number of hydrogen-bond acceptors (Lipinski definition) is 3. The molecule has 4 rings (SSSR count). The minimum atomic E-state index is 0.0683. The van der Waals surface area contributed by atoms with E-state index in [1.165, 1.54) is 16.7 Å². The van der Waals surface area contributed by atoms with Gasteiger partial charge in [0.25, 0.3) is 0 Å². The third kappa shape index (κ3) is 4.22. The molecule has 1 N–H and O–H groups in total. The van der Waals surface area contributed by atoms with Gasteiger partial charge in [-0.3, -0.25) is 9.69 Å². The molecule has 1 atom stereocenters. The van der Waals surface area contributed by atoms with Crippen LogP contribution in [0.25, 0.3) is 0 Å². The molecule has 2 fully saturated rings. The maximum absolute atomic E-state index is 12.9. The highest BCUT2D eigenvalue weighted by atomic mass is 16.3. The van der Waals surface area contributed by atoms with E-state index in [2.05, 4.69) is 41.0 Å². The number of benzene rings is 2. The van der Waals surface area contributed by atoms with Gasteiger partial charge >= 0.3 is 0 Å². The zero-order chi connectivity index (χ0) is 19.5. The average Bonchev–Trinajstić information content (AvgIpc) is 3.09. The van der Waals surface area contributed by atoms with Crippen LogP contribution in [-0.4, -0.2) is 53.0 Å². The van der Waals surface area contributed by atoms with Crippen LogP contribution in [0.5, 0.6) is 5.75 Å². The summed E-state index contributed by atoms with van der Waals surface area (Å²) in [6.45, 7) is 5.76. The van der Waals surface area contributed by atoms with Gasteiger partial charge in [0.1, 0.15) is 5.75 Å². The number of nitrogens with zero attached hydrogens (tertiary/aromatic N) is 2. The maximum atomic E-state index is 12.9. The fourth-order valence-corrected chi connectivity index (χ4v) is 4.59. The molecule has 2 aliphatic rings. The van der Waals surface area contributed by atoms with Gasteiger partial charge in [-0.15, -0.1) is 0 Å². The van der Waals surface area contributed by atoms with E-state index in [0.29, 0.717) is 17.6 Å². The van der Waals surface area contributed by atoms with Crippen molar-refractivity contribution < 1.29 is 9.90 Å². The number of carbonyl (C=O) groups is 1. The molecule has 4 nitrogen and oxygen atoms in total. The van der Waals surface area contributed by atoms with Crippen LogP contribution in [0.3, 0.4) is 0 Å². The van der Waals surface area contributed by atoms with Crippen LogP contribution in [0.15, 0.2) is 48.5 Å². The monoisotopic (exact) mass is 378 g/mol. The van der Waals surface area contributed by atoms with Gasteiger partial charge in [-0.1, -0.05) is 42.0 Å². The van der Waals surface area contributed by atoms with Crippen LogP contribution in [-0.2, 0) is 11.2 Å². The van der Waals surface area contributed by atoms with E-state index in [1.54, 1.807) is 12.1 Å². The summed E-state index contributed by atoms with van der Waals surface area (Å²) >= 11 is 0. The molecule has 0 bridgehead atoms. The number of rotatable bonds is 5. The summed E-state index contributed by atoms with van der Waals surface area (Å²) in [7, 11) is 0. The number of aryl methyl sites for hydroxylation is 1. The summed E-state index contributed by atoms with van der Waals surface area (Å²) in [4.78, 5) is 17.4. The minimum absolute atomic E-state index is 0.0683. The second-order valence-corrected chi connectivity index (χ2v) is 8.27. The van der Waals surface area contributed by atoms with Gasteiger partial charge < -0.3 is 10.0 Å². The molecule has 0 aromatic heterocycles. The fraction of sp³-hybridized carbons (Fsp3) is 0.458. The first-order chi connectivity index (χ1) is 13.6. The Balaban J connectivity index is 1.28. The Morgan fingerprint density at radius 1 is 0.929 bits per heavy atom. The predicted molar refractivity (Wildman–Crippen MR) is 112 cm³/mol. The van der Waals surface area contributed by atoms with Crippen molar-refractivity contribution in [1.82, 2.24) is 9.80 Å². The molecule has 2 aromatic carbocycles. The van der Waals surface area contributed by atoms with Gasteiger partial charge in [0.05, 0.1) is 6.04 Å². The van der Waals surface area contributed by atoms with Gasteiger partial charge in [0.2, 0.25) is 5.91 Å². The minimum Gasteiger partial charge on any atom is -0.508 e. The van der Waals surface area contributed by atoms with Crippen molar-refractivity contribution in [3.05, 3.63) is 65.2 Å². The number of piperidine rings is 1. The molecule has 4 heteroatoms. The lowest BCUT2D eigenvalue weighted by molar-refractivity contribution is -0.132. The largest absolute Gasteiger partial charge is 0.508 e. The normalized spacial score (nSPS) is 21.4. The Morgan fingerprint density at radius 2 is 1.61 bits per heavy atom. The molecule has 1 amide bonds. The quantitative estimate of drug-likeness (QED) is 0.862. The molecule has 2 aromatic rings. The lowest BCUT2D eigenvalue weighted by Crippen LogP contribution is -2.45. The molecule has 1 unspecified atom stereocenters. The summed E-state index contributed by atoms with van der Waals surface area (Å²) in [5.74, 6) is 1.17. The van der Waals surface area contributed by atoms with Crippen LogP contribution in [0.2, 0.25) is 0 Å². The summed E-state index contributed by atoms with van der Waals surface area (Å²) in [6, 6.07) is 16.3. The number of amides is 1. The topological polar surface area (TPSA) is 43.8 Å². The highest BCUT2D eigenvalue weighted by Gasteiger charge is 2.37. The fourth-order valence-electron chi connectivity index (χ4n) is 4.59. The predicted octanol–water partition coefficient (Wildman–Crippen LogP) is 3.72. The number of phenolic OH excluding ortho intramolecular Hbond substituents is 1. The number of carbonyl (C=O) groups excluding carboxylic acids is 1. The summed E-state index contributed by atoms with van der Waals surface area (Å²) in [5.41, 5.74) is 3.88. The van der Waals surface area contributed by atoms with Crippen molar-refractivity contribution in [2.24, 2.45) is 0 Å². The first-order valence-electron chi connectivity index (χ1n) is 10.5. The van der Waals surface area contributed by atoms with Gasteiger partial charge in [-0.2, -0.15) is 0 Å². The number of hydrogen-bond donors (Lipinski definition) is 1. The first kappa shape index (κ1) is 19.0. The smallest absolute Gasteiger partial charge is 0.240 e. The average molecular weight is 379 g/mol. The lowest BCUT2D eigenvalue weighted by atomic mass is 9.89. The lowest BCUT2D eigenvalue weighted by Gasteiger charge is -2.35. The molecule has 148 valence electrons. The van der Waals surface area contributed by atoms with Gasteiger partial charge in [-0.25, -0.2) is 0 Å². The van der Waals surface area contributed by atoms with Crippen molar-refractivity contribution in [2.75, 3.05) is 26.2 Å². The van der Waals surface area contributed by atoms with E-state index >= 15 is 0 Å². The number of likely N-dealkylation sites (tertiary alicyclic amines) is 2. The second kappa shape index (κ2) is 8.36. The van der Waals surface area contributed by atoms with Crippen molar-refractivity contribution in [3.8, 4) is 5.75 Å². The standard InChI is InChI=1S/C24H30N2O2/c1-18-2-4-19(5-3-18)10-14-26-17-13-23(24(26)28)25-15-11-21(12-16-25)20-6-8-22(27)9-7-20/h2-9,21,23,27H,10-17H2,1H3. The second-order valence-electron chi connectivity index (χ2n) is 8.27. The summed E-state index contributed by atoms with van der Waals surface area (Å²) in [5, 5.41) is 9.47. The molecule has 0 spiro atoms. The van der Waals surface area contributed by atoms with Gasteiger partial charge in [0, 0.05) is 13.1 Å². The molecular weight excluding hydrogens is 348 g/mol. The van der Waals surface area contributed by atoms with E-state index < -0.39 is 0 Å². The SMILES string of the molecule is Cc1ccc(CCN2CCC(N3CCC(c4ccc(O)cc4)CC3)C2=O)cc1. The summed E-state index contributed by atoms with van der Waals surface area (Å²) in [6.07, 6.45) is 4.05. The van der Waals surface area contributed by atoms with Gasteiger partial charge in [0.15, 0.2) is 0 Å². The maximum Gasteiger partial charge on any atom is 0.240 e. The van der Waals surface area contributed by atoms with Crippen molar-refractivity contribution in [3.63, 3.8) is 0 Å². The molecule has 2 heterocycles. The molecule has 2 saturated heterocycles. The molecule has 28 heavy (non-hydrogen) atoms. The number of aromatic hydroxyl groups is 1. The van der Waals surface area contributed by atoms with E-state index in [1.807, 2.05) is 12.1 Å². The summed E-state index contributed by atoms with van der Waals surface area (Å²) < 4.78 is 0. The Hall–Kier alpha value is -2.33. The highest BCUT2D eigenvalue weighted by molar-refractivity contribution is 5.84. The van der Waals surface area contributed by atoms with Crippen LogP contribution in [0.1, 0.15) is 41.9 Å². The van der Waals surface area contributed by atoms with E-state index in [4.69, 9.17) is 0 Å². The Kier molecular flexibility index (Phi) is 5.67. The van der Waals surface area contributed by atoms with E-state index in [0.717, 1.165) is 51.9 Å².